The van der Waals surface area contributed by atoms with Crippen LogP contribution in [0.1, 0.15) is 31.3 Å². The van der Waals surface area contributed by atoms with Crippen molar-refractivity contribution < 1.29 is 0 Å². The van der Waals surface area contributed by atoms with E-state index in [1.165, 1.54) is 0 Å². The largest absolute Gasteiger partial charge is 0.346 e. The molecule has 0 saturated heterocycles. The predicted molar refractivity (Wildman–Crippen MR) is 92.5 cm³/mol. The van der Waals surface area contributed by atoms with E-state index in [-0.39, 0.29) is 0 Å². The third-order valence-electron chi connectivity index (χ3n) is 4.22. The molecule has 4 aromatic rings. The quantitative estimate of drug-likeness (QED) is 0.604. The van der Waals surface area contributed by atoms with E-state index in [2.05, 4.69) is 57.4 Å². The van der Waals surface area contributed by atoms with Crippen molar-refractivity contribution in [3.8, 4) is 11.1 Å². The third-order valence-corrected chi connectivity index (χ3v) is 4.22. The predicted octanol–water partition coefficient (Wildman–Crippen LogP) is 4.17. The first-order chi connectivity index (χ1) is 11.0. The van der Waals surface area contributed by atoms with Gasteiger partial charge in [0.05, 0.1) is 5.52 Å². The van der Waals surface area contributed by atoms with Gasteiger partial charge in [-0.05, 0) is 45.4 Å². The van der Waals surface area contributed by atoms with Crippen molar-refractivity contribution in [3.05, 3.63) is 42.1 Å². The van der Waals surface area contributed by atoms with E-state index < -0.39 is 0 Å². The summed E-state index contributed by atoms with van der Waals surface area (Å²) in [6, 6.07) is 4.68. The normalized spacial score (nSPS) is 11.9. The molecule has 0 atom stereocenters. The molecule has 0 aliphatic heterocycles. The lowest BCUT2D eigenvalue weighted by atomic mass is 10.1. The van der Waals surface area contributed by atoms with E-state index in [1.54, 1.807) is 0 Å². The summed E-state index contributed by atoms with van der Waals surface area (Å²) in [6.07, 6.45) is 5.77. The van der Waals surface area contributed by atoms with Gasteiger partial charge < -0.3 is 9.55 Å². The third kappa shape index (κ3) is 2.11. The summed E-state index contributed by atoms with van der Waals surface area (Å²) in [6.45, 7) is 8.42. The van der Waals surface area contributed by atoms with Crippen LogP contribution in [0, 0.1) is 13.8 Å². The number of hydrogen-bond donors (Lipinski definition) is 1. The second-order valence-electron chi connectivity index (χ2n) is 6.30. The summed E-state index contributed by atoms with van der Waals surface area (Å²) < 4.78 is 2.23. The molecule has 5 heteroatoms. The Morgan fingerprint density at radius 3 is 2.70 bits per heavy atom. The molecule has 4 heterocycles. The Labute approximate surface area is 134 Å². The van der Waals surface area contributed by atoms with Crippen molar-refractivity contribution in [2.45, 2.75) is 33.7 Å². The fourth-order valence-electron chi connectivity index (χ4n) is 3.24. The van der Waals surface area contributed by atoms with Gasteiger partial charge >= 0.3 is 0 Å². The van der Waals surface area contributed by atoms with E-state index in [0.717, 1.165) is 44.7 Å². The molecule has 0 aliphatic carbocycles. The fraction of sp³-hybridized carbons (Fsp3) is 0.278. The number of aromatic amines is 1. The van der Waals surface area contributed by atoms with Crippen molar-refractivity contribution in [1.82, 2.24) is 24.5 Å². The zero-order chi connectivity index (χ0) is 16.1. The monoisotopic (exact) mass is 305 g/mol. The molecule has 0 aliphatic rings. The van der Waals surface area contributed by atoms with Crippen LogP contribution in [0.15, 0.2) is 30.7 Å². The molecule has 0 bridgehead atoms. The van der Waals surface area contributed by atoms with Crippen LogP contribution in [0.4, 0.5) is 0 Å². The molecule has 4 aromatic heterocycles. The number of aryl methyl sites for hydroxylation is 2. The highest BCUT2D eigenvalue weighted by Gasteiger charge is 2.14. The van der Waals surface area contributed by atoms with Gasteiger partial charge in [0.25, 0.3) is 0 Å². The minimum Gasteiger partial charge on any atom is -0.346 e. The number of hydrogen-bond acceptors (Lipinski definition) is 3. The Hall–Kier alpha value is -2.69. The molecule has 0 fully saturated rings. The van der Waals surface area contributed by atoms with Gasteiger partial charge in [-0.3, -0.25) is 0 Å². The molecule has 116 valence electrons. The summed E-state index contributed by atoms with van der Waals surface area (Å²) in [5.74, 6) is 0.996. The van der Waals surface area contributed by atoms with Crippen molar-refractivity contribution in [3.63, 3.8) is 0 Å². The lowest BCUT2D eigenvalue weighted by Gasteiger charge is -2.11. The summed E-state index contributed by atoms with van der Waals surface area (Å²) in [4.78, 5) is 16.8. The van der Waals surface area contributed by atoms with Crippen LogP contribution in [0.3, 0.4) is 0 Å². The molecular formula is C18H19N5. The van der Waals surface area contributed by atoms with Gasteiger partial charge in [0, 0.05) is 41.1 Å². The first-order valence-electron chi connectivity index (χ1n) is 7.83. The minimum atomic E-state index is 0.351. The molecule has 4 rings (SSSR count). The number of aromatic nitrogens is 5. The van der Waals surface area contributed by atoms with Crippen LogP contribution in [0.2, 0.25) is 0 Å². The van der Waals surface area contributed by atoms with Crippen LogP contribution in [0.25, 0.3) is 33.3 Å². The molecule has 0 amide bonds. The molecule has 0 unspecified atom stereocenters. The second kappa shape index (κ2) is 4.91. The van der Waals surface area contributed by atoms with Gasteiger partial charge in [-0.15, -0.1) is 0 Å². The molecule has 23 heavy (non-hydrogen) atoms. The first kappa shape index (κ1) is 13.9. The van der Waals surface area contributed by atoms with Gasteiger partial charge in [-0.25, -0.2) is 15.0 Å². The Balaban J connectivity index is 1.97. The summed E-state index contributed by atoms with van der Waals surface area (Å²) in [7, 11) is 0. The van der Waals surface area contributed by atoms with Crippen molar-refractivity contribution in [1.29, 1.82) is 0 Å². The zero-order valence-corrected chi connectivity index (χ0v) is 13.8. The maximum Gasteiger partial charge on any atom is 0.177 e. The van der Waals surface area contributed by atoms with Crippen LogP contribution in [-0.4, -0.2) is 24.5 Å². The lowest BCUT2D eigenvalue weighted by Crippen LogP contribution is -2.02. The number of nitrogens with one attached hydrogen (secondary N) is 1. The van der Waals surface area contributed by atoms with E-state index in [4.69, 9.17) is 0 Å². The molecule has 0 radical (unpaired) electrons. The minimum absolute atomic E-state index is 0.351. The topological polar surface area (TPSA) is 59.4 Å². The number of pyridine rings is 2. The Morgan fingerprint density at radius 2 is 1.91 bits per heavy atom. The van der Waals surface area contributed by atoms with Gasteiger partial charge in [0.1, 0.15) is 11.5 Å². The van der Waals surface area contributed by atoms with Crippen molar-refractivity contribution in [2.75, 3.05) is 0 Å². The molecule has 1 N–H and O–H groups in total. The summed E-state index contributed by atoms with van der Waals surface area (Å²) in [5.41, 5.74) is 6.13. The van der Waals surface area contributed by atoms with Gasteiger partial charge in [0.15, 0.2) is 5.65 Å². The maximum absolute atomic E-state index is 4.56. The standard InChI is InChI=1S/C18H19N5/c1-10(2)23-12(4)22-18-16(23)6-13(8-20-18)15-9-21-17-14(15)5-11(3)7-19-17/h5-10H,1-4H3,(H,19,21). The molecule has 0 aromatic carbocycles. The van der Waals surface area contributed by atoms with Gasteiger partial charge in [-0.1, -0.05) is 0 Å². The van der Waals surface area contributed by atoms with E-state index in [1.807, 2.05) is 25.5 Å². The Morgan fingerprint density at radius 1 is 1.09 bits per heavy atom. The second-order valence-corrected chi connectivity index (χ2v) is 6.30. The molecule has 5 nitrogen and oxygen atoms in total. The number of imidazole rings is 1. The molecule has 0 spiro atoms. The SMILES string of the molecule is Cc1cnc2[nH]cc(-c3cnc4nc(C)n(C(C)C)c4c3)c2c1. The highest BCUT2D eigenvalue weighted by atomic mass is 15.1. The molecular weight excluding hydrogens is 286 g/mol. The average Bonchev–Trinajstić information content (AvgIpc) is 3.05. The number of H-pyrrole nitrogens is 1. The average molecular weight is 305 g/mol. The van der Waals surface area contributed by atoms with Crippen LogP contribution >= 0.6 is 0 Å². The van der Waals surface area contributed by atoms with E-state index in [0.29, 0.717) is 6.04 Å². The highest BCUT2D eigenvalue weighted by molar-refractivity contribution is 5.95. The van der Waals surface area contributed by atoms with Crippen LogP contribution in [0.5, 0.6) is 0 Å². The Kier molecular flexibility index (Phi) is 2.98. The molecule has 0 saturated carbocycles. The van der Waals surface area contributed by atoms with E-state index >= 15 is 0 Å². The van der Waals surface area contributed by atoms with Gasteiger partial charge in [0.2, 0.25) is 0 Å². The highest BCUT2D eigenvalue weighted by Crippen LogP contribution is 2.30. The van der Waals surface area contributed by atoms with Crippen LogP contribution in [-0.2, 0) is 0 Å². The van der Waals surface area contributed by atoms with Crippen LogP contribution < -0.4 is 0 Å². The van der Waals surface area contributed by atoms with Crippen molar-refractivity contribution >= 4 is 22.2 Å². The number of fused-ring (bicyclic) bond motifs is 2. The fourth-order valence-corrected chi connectivity index (χ4v) is 3.24. The Bertz CT molecular complexity index is 1020. The lowest BCUT2D eigenvalue weighted by molar-refractivity contribution is 0.600. The van der Waals surface area contributed by atoms with E-state index in [9.17, 15) is 0 Å². The zero-order valence-electron chi connectivity index (χ0n) is 13.8. The first-order valence-corrected chi connectivity index (χ1v) is 7.83. The number of rotatable bonds is 2. The maximum atomic E-state index is 4.56. The van der Waals surface area contributed by atoms with Crippen molar-refractivity contribution in [2.24, 2.45) is 0 Å². The van der Waals surface area contributed by atoms with Gasteiger partial charge in [-0.2, -0.15) is 0 Å². The summed E-state index contributed by atoms with van der Waals surface area (Å²) >= 11 is 0. The summed E-state index contributed by atoms with van der Waals surface area (Å²) in [5, 5.41) is 1.12. The smallest absolute Gasteiger partial charge is 0.177 e. The number of nitrogens with zero attached hydrogens (tertiary/aromatic N) is 4.